The van der Waals surface area contributed by atoms with E-state index in [1.54, 1.807) is 6.92 Å². The number of nitrogens with zero attached hydrogens (tertiary/aromatic N) is 3. The first-order valence-corrected chi connectivity index (χ1v) is 10.6. The molecule has 2 aliphatic heterocycles. The van der Waals surface area contributed by atoms with Gasteiger partial charge in [-0.1, -0.05) is 53.6 Å². The number of nitrogens with one attached hydrogen (secondary N) is 1. The van der Waals surface area contributed by atoms with E-state index in [1.807, 2.05) is 55.5 Å². The molecule has 1 unspecified atom stereocenters. The molecule has 2 heterocycles. The highest BCUT2D eigenvalue weighted by atomic mass is 35.5. The second-order valence-corrected chi connectivity index (χ2v) is 8.75. The molecule has 0 saturated carbocycles. The lowest BCUT2D eigenvalue weighted by Crippen LogP contribution is -2.51. The summed E-state index contributed by atoms with van der Waals surface area (Å²) < 4.78 is 0. The maximum Gasteiger partial charge on any atom is 0.326 e. The molecule has 4 rings (SSSR count). The summed E-state index contributed by atoms with van der Waals surface area (Å²) in [4.78, 5) is 31.6. The van der Waals surface area contributed by atoms with Gasteiger partial charge < -0.3 is 5.32 Å². The van der Waals surface area contributed by atoms with Gasteiger partial charge in [0.25, 0.3) is 5.91 Å². The van der Waals surface area contributed by atoms with Crippen LogP contribution in [-0.2, 0) is 16.9 Å². The van der Waals surface area contributed by atoms with Gasteiger partial charge in [-0.15, -0.1) is 0 Å². The Morgan fingerprint density at radius 3 is 2.17 bits per heavy atom. The molecule has 0 aromatic heterocycles. The summed E-state index contributed by atoms with van der Waals surface area (Å²) >= 11 is 5.96. The Morgan fingerprint density at radius 1 is 0.933 bits per heavy atom. The van der Waals surface area contributed by atoms with Crippen molar-refractivity contribution in [3.05, 3.63) is 70.2 Å². The first-order valence-electron chi connectivity index (χ1n) is 10.3. The number of benzene rings is 2. The molecule has 6 nitrogen and oxygen atoms in total. The third-order valence-electron chi connectivity index (χ3n) is 6.03. The minimum Gasteiger partial charge on any atom is -0.319 e. The van der Waals surface area contributed by atoms with Gasteiger partial charge in [-0.2, -0.15) is 0 Å². The highest BCUT2D eigenvalue weighted by Crippen LogP contribution is 2.29. The number of amides is 3. The Bertz CT molecular complexity index is 923. The lowest BCUT2D eigenvalue weighted by atomic mass is 9.91. The summed E-state index contributed by atoms with van der Waals surface area (Å²) in [5.74, 6) is -0.194. The molecule has 2 saturated heterocycles. The first-order chi connectivity index (χ1) is 14.3. The molecule has 0 radical (unpaired) electrons. The number of aryl methyl sites for hydroxylation is 1. The normalized spacial score (nSPS) is 23.1. The van der Waals surface area contributed by atoms with Crippen LogP contribution in [0.3, 0.4) is 0 Å². The van der Waals surface area contributed by atoms with Gasteiger partial charge in [0.1, 0.15) is 5.54 Å². The molecule has 2 aromatic carbocycles. The predicted molar refractivity (Wildman–Crippen MR) is 117 cm³/mol. The fourth-order valence-corrected chi connectivity index (χ4v) is 4.17. The van der Waals surface area contributed by atoms with E-state index in [0.717, 1.165) is 48.9 Å². The van der Waals surface area contributed by atoms with Gasteiger partial charge >= 0.3 is 6.03 Å². The van der Waals surface area contributed by atoms with Crippen LogP contribution in [0.4, 0.5) is 4.79 Å². The average Bonchev–Trinajstić information content (AvgIpc) is 2.95. The maximum absolute atomic E-state index is 13.1. The monoisotopic (exact) mass is 426 g/mol. The van der Waals surface area contributed by atoms with Crippen LogP contribution in [0.5, 0.6) is 0 Å². The SMILES string of the molecule is Cc1ccc(C2(C)NC(=O)N(CN3CCN(Cc4ccc(Cl)cc4)CC3)C2=O)cc1. The number of halogens is 1. The van der Waals surface area contributed by atoms with Crippen molar-refractivity contribution in [2.45, 2.75) is 25.9 Å². The van der Waals surface area contributed by atoms with E-state index in [0.29, 0.717) is 6.67 Å². The fourth-order valence-electron chi connectivity index (χ4n) is 4.04. The number of imide groups is 1. The minimum atomic E-state index is -1.01. The van der Waals surface area contributed by atoms with Crippen molar-refractivity contribution >= 4 is 23.5 Å². The molecular formula is C23H27ClN4O2. The summed E-state index contributed by atoms with van der Waals surface area (Å²) in [6.45, 7) is 8.38. The molecule has 2 aliphatic rings. The van der Waals surface area contributed by atoms with Crippen LogP contribution < -0.4 is 5.32 Å². The molecule has 2 fully saturated rings. The lowest BCUT2D eigenvalue weighted by Gasteiger charge is -2.36. The van der Waals surface area contributed by atoms with Crippen LogP contribution in [0.25, 0.3) is 0 Å². The zero-order valence-corrected chi connectivity index (χ0v) is 18.2. The van der Waals surface area contributed by atoms with E-state index in [9.17, 15) is 9.59 Å². The Morgan fingerprint density at radius 2 is 1.53 bits per heavy atom. The summed E-state index contributed by atoms with van der Waals surface area (Å²) in [5.41, 5.74) is 2.14. The van der Waals surface area contributed by atoms with Crippen LogP contribution >= 0.6 is 11.6 Å². The Hall–Kier alpha value is -2.41. The molecule has 7 heteroatoms. The van der Waals surface area contributed by atoms with Crippen LogP contribution in [0, 0.1) is 6.92 Å². The average molecular weight is 427 g/mol. The molecule has 0 bridgehead atoms. The molecule has 30 heavy (non-hydrogen) atoms. The second-order valence-electron chi connectivity index (χ2n) is 8.32. The number of hydrogen-bond acceptors (Lipinski definition) is 4. The molecule has 1 N–H and O–H groups in total. The zero-order chi connectivity index (χ0) is 21.3. The quantitative estimate of drug-likeness (QED) is 0.746. The van der Waals surface area contributed by atoms with Gasteiger partial charge in [0.05, 0.1) is 6.67 Å². The van der Waals surface area contributed by atoms with E-state index in [1.165, 1.54) is 10.5 Å². The van der Waals surface area contributed by atoms with Crippen LogP contribution in [0.15, 0.2) is 48.5 Å². The Balaban J connectivity index is 1.34. The number of carbonyl (C=O) groups excluding carboxylic acids is 2. The molecule has 3 amide bonds. The standard InChI is InChI=1S/C23H27ClN4O2/c1-17-3-7-19(8-4-17)23(2)21(29)28(22(30)25-23)16-27-13-11-26(12-14-27)15-18-5-9-20(24)10-6-18/h3-10H,11-16H2,1-2H3,(H,25,30). The second kappa shape index (κ2) is 8.38. The van der Waals surface area contributed by atoms with Gasteiger partial charge in [-0.3, -0.25) is 14.6 Å². The van der Waals surface area contributed by atoms with E-state index in [4.69, 9.17) is 11.6 Å². The van der Waals surface area contributed by atoms with Gasteiger partial charge in [0.15, 0.2) is 0 Å². The Kier molecular flexibility index (Phi) is 5.82. The van der Waals surface area contributed by atoms with E-state index in [-0.39, 0.29) is 11.9 Å². The topological polar surface area (TPSA) is 55.9 Å². The number of urea groups is 1. The van der Waals surface area contributed by atoms with Crippen LogP contribution in [0.2, 0.25) is 5.02 Å². The molecule has 0 aliphatic carbocycles. The molecule has 158 valence electrons. The predicted octanol–water partition coefficient (Wildman–Crippen LogP) is 3.19. The lowest BCUT2D eigenvalue weighted by molar-refractivity contribution is -0.132. The number of hydrogen-bond donors (Lipinski definition) is 1. The van der Waals surface area contributed by atoms with Crippen molar-refractivity contribution < 1.29 is 9.59 Å². The van der Waals surface area contributed by atoms with E-state index in [2.05, 4.69) is 15.1 Å². The van der Waals surface area contributed by atoms with Crippen molar-refractivity contribution in [3.8, 4) is 0 Å². The summed E-state index contributed by atoms with van der Waals surface area (Å²) in [6.07, 6.45) is 0. The maximum atomic E-state index is 13.1. The van der Waals surface area contributed by atoms with Crippen molar-refractivity contribution in [1.82, 2.24) is 20.0 Å². The van der Waals surface area contributed by atoms with E-state index >= 15 is 0 Å². The summed E-state index contributed by atoms with van der Waals surface area (Å²) in [5, 5.41) is 3.64. The largest absolute Gasteiger partial charge is 0.326 e. The zero-order valence-electron chi connectivity index (χ0n) is 17.4. The number of rotatable bonds is 5. The molecular weight excluding hydrogens is 400 g/mol. The van der Waals surface area contributed by atoms with Gasteiger partial charge in [0, 0.05) is 37.7 Å². The van der Waals surface area contributed by atoms with E-state index < -0.39 is 5.54 Å². The minimum absolute atomic E-state index is 0.194. The molecule has 2 aromatic rings. The van der Waals surface area contributed by atoms with Gasteiger partial charge in [0.2, 0.25) is 0 Å². The van der Waals surface area contributed by atoms with Crippen molar-refractivity contribution in [2.75, 3.05) is 32.8 Å². The molecule has 0 spiro atoms. The third kappa shape index (κ3) is 4.21. The first kappa shape index (κ1) is 20.8. The number of carbonyl (C=O) groups is 2. The van der Waals surface area contributed by atoms with Gasteiger partial charge in [-0.05, 0) is 37.1 Å². The highest BCUT2D eigenvalue weighted by molar-refractivity contribution is 6.30. The molecule has 1 atom stereocenters. The highest BCUT2D eigenvalue weighted by Gasteiger charge is 2.49. The summed E-state index contributed by atoms with van der Waals surface area (Å²) in [7, 11) is 0. The van der Waals surface area contributed by atoms with Crippen LogP contribution in [-0.4, -0.2) is 59.5 Å². The Labute approximate surface area is 182 Å². The third-order valence-corrected chi connectivity index (χ3v) is 6.28. The smallest absolute Gasteiger partial charge is 0.319 e. The van der Waals surface area contributed by atoms with Gasteiger partial charge in [-0.25, -0.2) is 9.69 Å². The van der Waals surface area contributed by atoms with Crippen LogP contribution in [0.1, 0.15) is 23.6 Å². The number of piperazine rings is 1. The van der Waals surface area contributed by atoms with Crippen molar-refractivity contribution in [3.63, 3.8) is 0 Å². The fraction of sp³-hybridized carbons (Fsp3) is 0.391. The van der Waals surface area contributed by atoms with Crippen molar-refractivity contribution in [1.29, 1.82) is 0 Å². The summed E-state index contributed by atoms with van der Waals surface area (Å²) in [6, 6.07) is 15.3. The van der Waals surface area contributed by atoms with Crippen molar-refractivity contribution in [2.24, 2.45) is 0 Å².